The lowest BCUT2D eigenvalue weighted by atomic mass is 10.1. The number of halogens is 2. The van der Waals surface area contributed by atoms with E-state index in [9.17, 15) is 8.42 Å². The molecule has 0 saturated heterocycles. The van der Waals surface area contributed by atoms with Crippen LogP contribution in [-0.2, 0) is 14.8 Å². The number of fused-ring (bicyclic) bond motifs is 1. The molecule has 0 aliphatic carbocycles. The van der Waals surface area contributed by atoms with Crippen molar-refractivity contribution < 1.29 is 17.9 Å². The van der Waals surface area contributed by atoms with Crippen molar-refractivity contribution in [1.82, 2.24) is 0 Å². The van der Waals surface area contributed by atoms with Crippen LogP contribution in [0.4, 0.5) is 5.69 Å². The van der Waals surface area contributed by atoms with Crippen LogP contribution in [0.1, 0.15) is 19.4 Å². The lowest BCUT2D eigenvalue weighted by Crippen LogP contribution is -2.17. The Morgan fingerprint density at radius 2 is 1.62 bits per heavy atom. The highest BCUT2D eigenvalue weighted by atomic mass is 35.5. The third-order valence-electron chi connectivity index (χ3n) is 6.05. The molecule has 6 nitrogen and oxygen atoms in total. The van der Waals surface area contributed by atoms with Gasteiger partial charge in [-0.05, 0) is 47.7 Å². The Morgan fingerprint density at radius 3 is 2.35 bits per heavy atom. The summed E-state index contributed by atoms with van der Waals surface area (Å²) in [4.78, 5) is 4.63. The average molecular weight is 555 g/mol. The zero-order chi connectivity index (χ0) is 26.2. The summed E-state index contributed by atoms with van der Waals surface area (Å²) in [5.41, 5.74) is 0.673. The quantitative estimate of drug-likeness (QED) is 0.256. The van der Waals surface area contributed by atoms with E-state index in [1.807, 2.05) is 42.5 Å². The molecular weight excluding hydrogens is 531 g/mol. The number of nitrogens with one attached hydrogen (secondary N) is 1. The van der Waals surface area contributed by atoms with Crippen molar-refractivity contribution in [2.24, 2.45) is 10.9 Å². The van der Waals surface area contributed by atoms with Gasteiger partial charge in [-0.2, -0.15) is 0 Å². The van der Waals surface area contributed by atoms with Gasteiger partial charge in [-0.15, -0.1) is 0 Å². The van der Waals surface area contributed by atoms with Crippen molar-refractivity contribution >= 4 is 55.6 Å². The van der Waals surface area contributed by atoms with Crippen molar-refractivity contribution in [3.63, 3.8) is 0 Å². The predicted octanol–water partition coefficient (Wildman–Crippen LogP) is 7.54. The number of hydrogen-bond donors (Lipinski definition) is 1. The summed E-state index contributed by atoms with van der Waals surface area (Å²) in [6.45, 7) is 4.54. The number of aliphatic imine (C=N–C) groups is 1. The summed E-state index contributed by atoms with van der Waals surface area (Å²) in [6, 6.07) is 22.8. The first-order valence-electron chi connectivity index (χ1n) is 11.7. The largest absolute Gasteiger partial charge is 0.475 e. The monoisotopic (exact) mass is 554 g/mol. The second-order valence-corrected chi connectivity index (χ2v) is 11.6. The predicted molar refractivity (Wildman–Crippen MR) is 149 cm³/mol. The second-order valence-electron chi connectivity index (χ2n) is 9.03. The first-order chi connectivity index (χ1) is 17.7. The summed E-state index contributed by atoms with van der Waals surface area (Å²) in [6.07, 6.45) is 0. The van der Waals surface area contributed by atoms with Crippen LogP contribution in [0.25, 0.3) is 10.8 Å². The molecule has 1 N–H and O–H groups in total. The van der Waals surface area contributed by atoms with E-state index in [0.29, 0.717) is 29.6 Å². The van der Waals surface area contributed by atoms with Gasteiger partial charge in [0.25, 0.3) is 10.0 Å². The van der Waals surface area contributed by atoms with Crippen LogP contribution < -0.4 is 9.46 Å². The number of rotatable bonds is 7. The van der Waals surface area contributed by atoms with Crippen LogP contribution in [0.5, 0.6) is 11.5 Å². The van der Waals surface area contributed by atoms with E-state index >= 15 is 0 Å². The summed E-state index contributed by atoms with van der Waals surface area (Å²) in [7, 11) is -4.11. The number of nitrogens with zero attached hydrogens (tertiary/aromatic N) is 1. The normalized spacial score (nSPS) is 15.5. The Kier molecular flexibility index (Phi) is 7.03. The highest BCUT2D eigenvalue weighted by molar-refractivity contribution is 7.92. The first-order valence-corrected chi connectivity index (χ1v) is 13.9. The van der Waals surface area contributed by atoms with Gasteiger partial charge in [0.2, 0.25) is 5.90 Å². The van der Waals surface area contributed by atoms with Gasteiger partial charge in [-0.1, -0.05) is 79.5 Å². The van der Waals surface area contributed by atoms with Crippen LogP contribution >= 0.6 is 23.2 Å². The van der Waals surface area contributed by atoms with Gasteiger partial charge in [0.05, 0.1) is 16.5 Å². The Labute approximate surface area is 225 Å². The zero-order valence-corrected chi connectivity index (χ0v) is 22.4. The molecule has 1 aliphatic rings. The standard InChI is InChI=1S/C28H24Cl2N2O4S/c1-17(2)24-16-35-28(31-24)23-10-6-12-26(36-25-11-5-8-18-7-3-4-9-22(18)25)27(23)32-37(33,34)21-14-19(29)13-20(30)15-21/h3-15,17,24,32H,16H2,1-2H3. The molecule has 0 fully saturated rings. The minimum absolute atomic E-state index is 0.0335. The summed E-state index contributed by atoms with van der Waals surface area (Å²) in [5, 5.41) is 2.30. The fourth-order valence-corrected chi connectivity index (χ4v) is 5.87. The molecule has 1 aliphatic heterocycles. The highest BCUT2D eigenvalue weighted by Gasteiger charge is 2.28. The lowest BCUT2D eigenvalue weighted by Gasteiger charge is -2.18. The van der Waals surface area contributed by atoms with Gasteiger partial charge < -0.3 is 9.47 Å². The molecule has 1 heterocycles. The second kappa shape index (κ2) is 10.2. The maximum absolute atomic E-state index is 13.5. The number of anilines is 1. The summed E-state index contributed by atoms with van der Waals surface area (Å²) >= 11 is 12.2. The van der Waals surface area contributed by atoms with Crippen molar-refractivity contribution in [1.29, 1.82) is 0 Å². The van der Waals surface area contributed by atoms with Crippen molar-refractivity contribution in [3.8, 4) is 11.5 Å². The Balaban J connectivity index is 1.63. The van der Waals surface area contributed by atoms with Crippen LogP contribution in [0.2, 0.25) is 10.0 Å². The van der Waals surface area contributed by atoms with Gasteiger partial charge in [0.15, 0.2) is 5.75 Å². The topological polar surface area (TPSA) is 77.0 Å². The molecule has 0 radical (unpaired) electrons. The molecule has 0 spiro atoms. The molecule has 0 saturated carbocycles. The van der Waals surface area contributed by atoms with Crippen LogP contribution in [0.15, 0.2) is 88.8 Å². The number of para-hydroxylation sites is 1. The molecule has 9 heteroatoms. The minimum atomic E-state index is -4.11. The zero-order valence-electron chi connectivity index (χ0n) is 20.1. The van der Waals surface area contributed by atoms with Crippen LogP contribution in [0, 0.1) is 5.92 Å². The molecule has 1 unspecified atom stereocenters. The SMILES string of the molecule is CC(C)C1COC(c2cccc(Oc3cccc4ccccc34)c2NS(=O)(=O)c2cc(Cl)cc(Cl)c2)=N1. The lowest BCUT2D eigenvalue weighted by molar-refractivity contribution is 0.292. The number of hydrogen-bond acceptors (Lipinski definition) is 5. The van der Waals surface area contributed by atoms with E-state index in [-0.39, 0.29) is 32.6 Å². The van der Waals surface area contributed by atoms with Crippen molar-refractivity contribution in [3.05, 3.63) is 94.5 Å². The molecule has 190 valence electrons. The third kappa shape index (κ3) is 5.39. The Hall–Kier alpha value is -3.26. The van der Waals surface area contributed by atoms with Crippen LogP contribution in [-0.4, -0.2) is 27.0 Å². The van der Waals surface area contributed by atoms with E-state index in [2.05, 4.69) is 18.6 Å². The van der Waals surface area contributed by atoms with E-state index in [4.69, 9.17) is 37.7 Å². The smallest absolute Gasteiger partial charge is 0.262 e. The Bertz CT molecular complexity index is 1590. The number of ether oxygens (including phenoxy) is 2. The summed E-state index contributed by atoms with van der Waals surface area (Å²) < 4.78 is 41.9. The highest BCUT2D eigenvalue weighted by Crippen LogP contribution is 2.38. The van der Waals surface area contributed by atoms with Crippen molar-refractivity contribution in [2.45, 2.75) is 24.8 Å². The first kappa shape index (κ1) is 25.4. The molecule has 37 heavy (non-hydrogen) atoms. The fourth-order valence-electron chi connectivity index (χ4n) is 4.06. The molecule has 4 aromatic carbocycles. The molecule has 4 aromatic rings. The van der Waals surface area contributed by atoms with E-state index in [0.717, 1.165) is 10.8 Å². The van der Waals surface area contributed by atoms with Gasteiger partial charge >= 0.3 is 0 Å². The molecular formula is C28H24Cl2N2O4S. The molecule has 0 aromatic heterocycles. The Morgan fingerprint density at radius 1 is 0.946 bits per heavy atom. The van der Waals surface area contributed by atoms with E-state index in [1.54, 1.807) is 18.2 Å². The van der Waals surface area contributed by atoms with Gasteiger partial charge in [0, 0.05) is 15.4 Å². The van der Waals surface area contributed by atoms with Gasteiger partial charge in [-0.3, -0.25) is 4.72 Å². The maximum Gasteiger partial charge on any atom is 0.262 e. The fraction of sp³-hybridized carbons (Fsp3) is 0.179. The number of benzene rings is 4. The summed E-state index contributed by atoms with van der Waals surface area (Å²) in [5.74, 6) is 1.49. The van der Waals surface area contributed by atoms with Gasteiger partial charge in [0.1, 0.15) is 18.0 Å². The van der Waals surface area contributed by atoms with Gasteiger partial charge in [-0.25, -0.2) is 13.4 Å². The van der Waals surface area contributed by atoms with E-state index in [1.165, 1.54) is 18.2 Å². The third-order valence-corrected chi connectivity index (χ3v) is 7.82. The van der Waals surface area contributed by atoms with Crippen molar-refractivity contribution in [2.75, 3.05) is 11.3 Å². The molecule has 0 amide bonds. The van der Waals surface area contributed by atoms with E-state index < -0.39 is 10.0 Å². The minimum Gasteiger partial charge on any atom is -0.475 e. The molecule has 1 atom stereocenters. The average Bonchev–Trinajstić information content (AvgIpc) is 3.35. The maximum atomic E-state index is 13.5. The van der Waals surface area contributed by atoms with Crippen LogP contribution in [0.3, 0.4) is 0 Å². The molecule has 0 bridgehead atoms. The number of sulfonamides is 1. The molecule has 5 rings (SSSR count).